The molecule has 2 fully saturated rings. The van der Waals surface area contributed by atoms with Crippen LogP contribution in [-0.4, -0.2) is 48.9 Å². The Morgan fingerprint density at radius 1 is 1.55 bits per heavy atom. The topological polar surface area (TPSA) is 82.5 Å². The monoisotopic (exact) mass is 295 g/mol. The molecule has 3 heterocycles. The van der Waals surface area contributed by atoms with Crippen molar-refractivity contribution >= 4 is 17.0 Å². The molecule has 2 aliphatic rings. The van der Waals surface area contributed by atoms with Crippen molar-refractivity contribution in [2.45, 2.75) is 29.7 Å². The van der Waals surface area contributed by atoms with Crippen molar-refractivity contribution < 1.29 is 13.6 Å². The van der Waals surface area contributed by atoms with Crippen molar-refractivity contribution in [1.29, 1.82) is 0 Å². The molecule has 2 N–H and O–H groups in total. The molecule has 4 unspecified atom stereocenters. The summed E-state index contributed by atoms with van der Waals surface area (Å²) in [6.07, 6.45) is 2.70. The number of carbonyl (C=O) groups is 1. The van der Waals surface area contributed by atoms with E-state index in [1.165, 1.54) is 0 Å². The highest BCUT2D eigenvalue weighted by molar-refractivity contribution is 7.80. The van der Waals surface area contributed by atoms with E-state index in [-0.39, 0.29) is 11.9 Å². The number of pyridine rings is 1. The SMILES string of the molecule is CN1CCC2(CC(S(=O)O)C(c3ccccn3)N2)C1=O. The van der Waals surface area contributed by atoms with Crippen LogP contribution in [0.25, 0.3) is 0 Å². The van der Waals surface area contributed by atoms with E-state index in [0.717, 1.165) is 0 Å². The minimum atomic E-state index is -1.99. The molecule has 6 nitrogen and oxygen atoms in total. The average molecular weight is 295 g/mol. The van der Waals surface area contributed by atoms with Crippen LogP contribution in [0.4, 0.5) is 0 Å². The van der Waals surface area contributed by atoms with Crippen molar-refractivity contribution in [2.24, 2.45) is 0 Å². The number of amides is 1. The Hall–Kier alpha value is -1.31. The third-order valence-corrected chi connectivity index (χ3v) is 5.21. The number of hydrogen-bond donors (Lipinski definition) is 2. The van der Waals surface area contributed by atoms with Crippen molar-refractivity contribution in [3.8, 4) is 0 Å². The van der Waals surface area contributed by atoms with Crippen molar-refractivity contribution in [3.05, 3.63) is 30.1 Å². The van der Waals surface area contributed by atoms with Gasteiger partial charge < -0.3 is 9.45 Å². The maximum Gasteiger partial charge on any atom is 0.242 e. The fourth-order valence-electron chi connectivity index (χ4n) is 3.18. The van der Waals surface area contributed by atoms with Gasteiger partial charge in [0.05, 0.1) is 17.0 Å². The van der Waals surface area contributed by atoms with E-state index in [2.05, 4.69) is 10.3 Å². The molecule has 0 aliphatic carbocycles. The van der Waals surface area contributed by atoms with E-state index in [1.807, 2.05) is 12.1 Å². The number of hydrogen-bond acceptors (Lipinski definition) is 4. The van der Waals surface area contributed by atoms with Crippen molar-refractivity contribution in [3.63, 3.8) is 0 Å². The first-order valence-corrected chi connectivity index (χ1v) is 7.74. The Kier molecular flexibility index (Phi) is 3.35. The molecule has 0 saturated carbocycles. The zero-order valence-electron chi connectivity index (χ0n) is 11.2. The molecule has 7 heteroatoms. The first-order chi connectivity index (χ1) is 9.53. The third kappa shape index (κ3) is 2.06. The van der Waals surface area contributed by atoms with Crippen LogP contribution < -0.4 is 5.32 Å². The second-order valence-corrected chi connectivity index (χ2v) is 6.61. The first kappa shape index (κ1) is 13.7. The lowest BCUT2D eigenvalue weighted by molar-refractivity contribution is -0.131. The zero-order valence-corrected chi connectivity index (χ0v) is 12.0. The van der Waals surface area contributed by atoms with E-state index in [4.69, 9.17) is 0 Å². The molecule has 3 rings (SSSR count). The molecule has 0 radical (unpaired) electrons. The maximum absolute atomic E-state index is 12.3. The van der Waals surface area contributed by atoms with Crippen LogP contribution in [0.15, 0.2) is 24.4 Å². The third-order valence-electron chi connectivity index (χ3n) is 4.25. The molecule has 0 bridgehead atoms. The normalized spacial score (nSPS) is 34.9. The average Bonchev–Trinajstić information content (AvgIpc) is 2.97. The van der Waals surface area contributed by atoms with Gasteiger partial charge >= 0.3 is 0 Å². The summed E-state index contributed by atoms with van der Waals surface area (Å²) in [5.74, 6) is 0.00591. The van der Waals surface area contributed by atoms with Gasteiger partial charge in [-0.25, -0.2) is 4.21 Å². The Labute approximate surface area is 119 Å². The van der Waals surface area contributed by atoms with E-state index >= 15 is 0 Å². The fraction of sp³-hybridized carbons (Fsp3) is 0.538. The highest BCUT2D eigenvalue weighted by atomic mass is 32.2. The fourth-order valence-corrected chi connectivity index (χ4v) is 4.05. The summed E-state index contributed by atoms with van der Waals surface area (Å²) in [7, 11) is 1.76. The van der Waals surface area contributed by atoms with Crippen molar-refractivity contribution in [1.82, 2.24) is 15.2 Å². The molecular weight excluding hydrogens is 278 g/mol. The van der Waals surface area contributed by atoms with Gasteiger partial charge in [0.1, 0.15) is 5.54 Å². The number of likely N-dealkylation sites (tertiary alicyclic amines) is 1. The molecular formula is C13H17N3O3S. The van der Waals surface area contributed by atoms with Crippen molar-refractivity contribution in [2.75, 3.05) is 13.6 Å². The summed E-state index contributed by atoms with van der Waals surface area (Å²) in [5, 5.41) is 2.77. The summed E-state index contributed by atoms with van der Waals surface area (Å²) in [4.78, 5) is 18.3. The summed E-state index contributed by atoms with van der Waals surface area (Å²) in [5.41, 5.74) is -0.000813. The van der Waals surface area contributed by atoms with Gasteiger partial charge in [-0.3, -0.25) is 15.1 Å². The Bertz CT molecular complexity index is 553. The van der Waals surface area contributed by atoms with Gasteiger partial charge in [0, 0.05) is 19.8 Å². The van der Waals surface area contributed by atoms with Gasteiger partial charge in [-0.15, -0.1) is 0 Å². The van der Waals surface area contributed by atoms with Gasteiger partial charge in [-0.1, -0.05) is 6.07 Å². The molecule has 4 atom stereocenters. The van der Waals surface area contributed by atoms with Crippen LogP contribution in [0.2, 0.25) is 0 Å². The molecule has 2 aliphatic heterocycles. The number of likely N-dealkylation sites (N-methyl/N-ethyl adjacent to an activating group) is 1. The molecule has 1 spiro atoms. The minimum Gasteiger partial charge on any atom is -0.344 e. The van der Waals surface area contributed by atoms with Crippen LogP contribution in [0.1, 0.15) is 24.6 Å². The smallest absolute Gasteiger partial charge is 0.242 e. The maximum atomic E-state index is 12.3. The Balaban J connectivity index is 1.95. The van der Waals surface area contributed by atoms with Gasteiger partial charge in [-0.2, -0.15) is 0 Å². The van der Waals surface area contributed by atoms with Crippen LogP contribution in [-0.2, 0) is 15.9 Å². The van der Waals surface area contributed by atoms with Crippen LogP contribution in [0, 0.1) is 0 Å². The molecule has 20 heavy (non-hydrogen) atoms. The second-order valence-electron chi connectivity index (χ2n) is 5.45. The molecule has 1 aromatic rings. The van der Waals surface area contributed by atoms with Crippen LogP contribution in [0.3, 0.4) is 0 Å². The molecule has 2 saturated heterocycles. The van der Waals surface area contributed by atoms with Gasteiger partial charge in [0.25, 0.3) is 0 Å². The molecule has 1 amide bonds. The Morgan fingerprint density at radius 2 is 2.35 bits per heavy atom. The molecule has 1 aromatic heterocycles. The largest absolute Gasteiger partial charge is 0.344 e. The van der Waals surface area contributed by atoms with Crippen LogP contribution in [0.5, 0.6) is 0 Å². The standard InChI is InChI=1S/C13H17N3O3S/c1-16-7-5-13(12(16)17)8-10(20(18)19)11(15-13)9-4-2-3-6-14-9/h2-4,6,10-11,15H,5,7-8H2,1H3,(H,18,19). The lowest BCUT2D eigenvalue weighted by Gasteiger charge is -2.22. The number of aromatic nitrogens is 1. The van der Waals surface area contributed by atoms with E-state index in [1.54, 1.807) is 24.2 Å². The highest BCUT2D eigenvalue weighted by Gasteiger charge is 2.55. The second kappa shape index (κ2) is 4.91. The van der Waals surface area contributed by atoms with E-state index in [9.17, 15) is 13.6 Å². The summed E-state index contributed by atoms with van der Waals surface area (Å²) < 4.78 is 21.2. The Morgan fingerprint density at radius 3 is 2.90 bits per heavy atom. The number of nitrogens with zero attached hydrogens (tertiary/aromatic N) is 2. The zero-order chi connectivity index (χ0) is 14.3. The summed E-state index contributed by atoms with van der Waals surface area (Å²) in [6, 6.07) is 5.10. The summed E-state index contributed by atoms with van der Waals surface area (Å²) in [6.45, 7) is 0.672. The number of carbonyl (C=O) groups excluding carboxylic acids is 1. The van der Waals surface area contributed by atoms with E-state index in [0.29, 0.717) is 25.1 Å². The lowest BCUT2D eigenvalue weighted by atomic mass is 9.95. The number of rotatable bonds is 2. The van der Waals surface area contributed by atoms with E-state index < -0.39 is 21.9 Å². The quantitative estimate of drug-likeness (QED) is 0.767. The van der Waals surface area contributed by atoms with Gasteiger partial charge in [0.15, 0.2) is 11.1 Å². The molecule has 108 valence electrons. The molecule has 0 aromatic carbocycles. The van der Waals surface area contributed by atoms with Gasteiger partial charge in [-0.05, 0) is 25.0 Å². The highest BCUT2D eigenvalue weighted by Crippen LogP contribution is 2.40. The number of nitrogens with one attached hydrogen (secondary N) is 1. The summed E-state index contributed by atoms with van der Waals surface area (Å²) >= 11 is -1.99. The lowest BCUT2D eigenvalue weighted by Crippen LogP contribution is -2.47. The van der Waals surface area contributed by atoms with Crippen LogP contribution >= 0.6 is 0 Å². The predicted molar refractivity (Wildman–Crippen MR) is 74.3 cm³/mol. The first-order valence-electron chi connectivity index (χ1n) is 6.57. The predicted octanol–water partition coefficient (Wildman–Crippen LogP) is 0.307. The minimum absolute atomic E-state index is 0.00591. The van der Waals surface area contributed by atoms with Gasteiger partial charge in [0.2, 0.25) is 5.91 Å².